The van der Waals surface area contributed by atoms with Crippen molar-refractivity contribution < 1.29 is 9.73 Å². The van der Waals surface area contributed by atoms with E-state index < -0.39 is 0 Å². The van der Waals surface area contributed by atoms with E-state index in [4.69, 9.17) is 4.42 Å². The SMILES string of the molecule is Cc1ccc2c(C[NH2+][C@H](c3ccccc3)c3cccs3)cc(=O)oc2c1C. The summed E-state index contributed by atoms with van der Waals surface area (Å²) in [4.78, 5) is 13.4. The van der Waals surface area contributed by atoms with Gasteiger partial charge in [0.25, 0.3) is 0 Å². The Balaban J connectivity index is 1.71. The number of quaternary nitrogens is 1. The third-order valence-corrected chi connectivity index (χ3v) is 6.05. The average Bonchev–Trinajstić information content (AvgIpc) is 3.20. The van der Waals surface area contributed by atoms with Gasteiger partial charge in [-0.1, -0.05) is 48.5 Å². The number of hydrogen-bond acceptors (Lipinski definition) is 3. The van der Waals surface area contributed by atoms with E-state index in [1.165, 1.54) is 10.4 Å². The molecule has 2 N–H and O–H groups in total. The summed E-state index contributed by atoms with van der Waals surface area (Å²) < 4.78 is 5.51. The number of hydrogen-bond donors (Lipinski definition) is 1. The van der Waals surface area contributed by atoms with E-state index in [2.05, 4.69) is 59.2 Å². The fourth-order valence-electron chi connectivity index (χ4n) is 3.48. The molecule has 1 atom stereocenters. The molecule has 0 bridgehead atoms. The highest BCUT2D eigenvalue weighted by atomic mass is 32.1. The molecule has 4 heteroatoms. The van der Waals surface area contributed by atoms with E-state index in [-0.39, 0.29) is 11.7 Å². The molecule has 4 rings (SSSR count). The first-order chi connectivity index (χ1) is 13.1. The van der Waals surface area contributed by atoms with Gasteiger partial charge in [0, 0.05) is 22.6 Å². The number of nitrogens with two attached hydrogens (primary N) is 1. The van der Waals surface area contributed by atoms with Crippen LogP contribution in [0.15, 0.2) is 75.3 Å². The van der Waals surface area contributed by atoms with Gasteiger partial charge in [0.1, 0.15) is 18.2 Å². The maximum Gasteiger partial charge on any atom is 0.336 e. The molecule has 0 amide bonds. The van der Waals surface area contributed by atoms with E-state index in [1.54, 1.807) is 17.4 Å². The lowest BCUT2D eigenvalue weighted by Crippen LogP contribution is -2.83. The van der Waals surface area contributed by atoms with E-state index in [1.807, 2.05) is 19.9 Å². The molecule has 4 aromatic rings. The van der Waals surface area contributed by atoms with Crippen molar-refractivity contribution in [3.63, 3.8) is 0 Å². The molecule has 136 valence electrons. The zero-order valence-corrected chi connectivity index (χ0v) is 16.3. The predicted octanol–water partition coefficient (Wildman–Crippen LogP) is 4.32. The molecular formula is C23H22NO2S+. The van der Waals surface area contributed by atoms with Crippen LogP contribution in [0.2, 0.25) is 0 Å². The Labute approximate surface area is 162 Å². The van der Waals surface area contributed by atoms with Gasteiger partial charge < -0.3 is 9.73 Å². The van der Waals surface area contributed by atoms with E-state index in [0.29, 0.717) is 12.1 Å². The van der Waals surface area contributed by atoms with Crippen molar-refractivity contribution in [1.82, 2.24) is 0 Å². The van der Waals surface area contributed by atoms with Crippen LogP contribution in [0.25, 0.3) is 11.0 Å². The summed E-state index contributed by atoms with van der Waals surface area (Å²) in [5.74, 6) is 0. The lowest BCUT2D eigenvalue weighted by atomic mass is 10.0. The normalized spacial score (nSPS) is 12.4. The minimum atomic E-state index is -0.285. The Morgan fingerprint density at radius 3 is 2.59 bits per heavy atom. The van der Waals surface area contributed by atoms with Crippen LogP contribution in [0.4, 0.5) is 0 Å². The molecule has 0 radical (unpaired) electrons. The fourth-order valence-corrected chi connectivity index (χ4v) is 4.33. The van der Waals surface area contributed by atoms with Crippen molar-refractivity contribution in [3.8, 4) is 0 Å². The molecule has 0 aliphatic heterocycles. The van der Waals surface area contributed by atoms with Crippen molar-refractivity contribution in [1.29, 1.82) is 0 Å². The van der Waals surface area contributed by atoms with Gasteiger partial charge in [-0.05, 0) is 36.4 Å². The highest BCUT2D eigenvalue weighted by Crippen LogP contribution is 2.25. The smallest absolute Gasteiger partial charge is 0.336 e. The molecule has 2 aromatic heterocycles. The van der Waals surface area contributed by atoms with Gasteiger partial charge in [0.15, 0.2) is 0 Å². The van der Waals surface area contributed by atoms with Gasteiger partial charge in [-0.25, -0.2) is 4.79 Å². The molecule has 2 aromatic carbocycles. The van der Waals surface area contributed by atoms with Crippen LogP contribution >= 0.6 is 11.3 Å². The zero-order valence-electron chi connectivity index (χ0n) is 15.4. The van der Waals surface area contributed by atoms with Crippen LogP contribution in [0.1, 0.15) is 33.2 Å². The van der Waals surface area contributed by atoms with Crippen LogP contribution < -0.4 is 10.9 Å². The van der Waals surface area contributed by atoms with Crippen molar-refractivity contribution in [2.24, 2.45) is 0 Å². The summed E-state index contributed by atoms with van der Waals surface area (Å²) in [6, 6.07) is 20.7. The Bertz CT molecular complexity index is 1110. The largest absolute Gasteiger partial charge is 0.422 e. The van der Waals surface area contributed by atoms with Crippen LogP contribution in [-0.4, -0.2) is 0 Å². The van der Waals surface area contributed by atoms with Crippen molar-refractivity contribution in [2.45, 2.75) is 26.4 Å². The Morgan fingerprint density at radius 2 is 1.85 bits per heavy atom. The quantitative estimate of drug-likeness (QED) is 0.527. The lowest BCUT2D eigenvalue weighted by molar-refractivity contribution is -0.701. The van der Waals surface area contributed by atoms with Gasteiger partial charge in [0.2, 0.25) is 0 Å². The minimum Gasteiger partial charge on any atom is -0.422 e. The second-order valence-electron chi connectivity index (χ2n) is 6.82. The van der Waals surface area contributed by atoms with Gasteiger partial charge in [-0.2, -0.15) is 0 Å². The molecule has 0 aliphatic rings. The highest BCUT2D eigenvalue weighted by molar-refractivity contribution is 7.10. The first kappa shape index (κ1) is 17.7. The van der Waals surface area contributed by atoms with E-state index in [9.17, 15) is 4.79 Å². The molecule has 3 nitrogen and oxygen atoms in total. The topological polar surface area (TPSA) is 46.8 Å². The molecule has 0 fully saturated rings. The minimum absolute atomic E-state index is 0.208. The second-order valence-corrected chi connectivity index (χ2v) is 7.80. The highest BCUT2D eigenvalue weighted by Gasteiger charge is 2.19. The van der Waals surface area contributed by atoms with Crippen molar-refractivity contribution in [3.05, 3.63) is 104 Å². The van der Waals surface area contributed by atoms with E-state index >= 15 is 0 Å². The van der Waals surface area contributed by atoms with Crippen molar-refractivity contribution in [2.75, 3.05) is 0 Å². The van der Waals surface area contributed by atoms with Crippen LogP contribution in [0.5, 0.6) is 0 Å². The third kappa shape index (κ3) is 3.59. The van der Waals surface area contributed by atoms with Crippen LogP contribution in [-0.2, 0) is 6.54 Å². The number of benzene rings is 2. The molecular weight excluding hydrogens is 354 g/mol. The second kappa shape index (κ2) is 7.51. The number of aryl methyl sites for hydroxylation is 2. The summed E-state index contributed by atoms with van der Waals surface area (Å²) in [7, 11) is 0. The number of thiophene rings is 1. The summed E-state index contributed by atoms with van der Waals surface area (Å²) >= 11 is 1.76. The lowest BCUT2D eigenvalue weighted by Gasteiger charge is -2.16. The summed E-state index contributed by atoms with van der Waals surface area (Å²) in [6.45, 7) is 4.75. The molecule has 0 unspecified atom stereocenters. The first-order valence-electron chi connectivity index (χ1n) is 9.08. The number of rotatable bonds is 5. The van der Waals surface area contributed by atoms with Crippen LogP contribution in [0.3, 0.4) is 0 Å². The first-order valence-corrected chi connectivity index (χ1v) is 9.96. The summed E-state index contributed by atoms with van der Waals surface area (Å²) in [6.07, 6.45) is 0. The summed E-state index contributed by atoms with van der Waals surface area (Å²) in [5, 5.41) is 5.43. The molecule has 2 heterocycles. The molecule has 0 saturated carbocycles. The monoisotopic (exact) mass is 376 g/mol. The zero-order chi connectivity index (χ0) is 18.8. The van der Waals surface area contributed by atoms with Gasteiger partial charge in [-0.3, -0.25) is 0 Å². The maximum absolute atomic E-state index is 12.1. The molecule has 0 saturated heterocycles. The van der Waals surface area contributed by atoms with Gasteiger partial charge in [0.05, 0.1) is 4.88 Å². The molecule has 0 spiro atoms. The Morgan fingerprint density at radius 1 is 1.04 bits per heavy atom. The molecule has 0 aliphatic carbocycles. The fraction of sp³-hybridized carbons (Fsp3) is 0.174. The van der Waals surface area contributed by atoms with Crippen molar-refractivity contribution >= 4 is 22.3 Å². The predicted molar refractivity (Wildman–Crippen MR) is 110 cm³/mol. The van der Waals surface area contributed by atoms with Gasteiger partial charge >= 0.3 is 5.63 Å². The average molecular weight is 377 g/mol. The summed E-state index contributed by atoms with van der Waals surface area (Å²) in [5.41, 5.74) is 4.86. The Kier molecular flexibility index (Phi) is 4.92. The standard InChI is InChI=1S/C23H21NO2S/c1-15-10-11-19-18(13-21(25)26-23(19)16(15)2)14-24-22(20-9-6-12-27-20)17-7-4-3-5-8-17/h3-13,22,24H,14H2,1-2H3/p+1/t22-/m1/s1. The van der Waals surface area contributed by atoms with E-state index in [0.717, 1.165) is 22.1 Å². The number of fused-ring (bicyclic) bond motifs is 1. The Hall–Kier alpha value is -2.69. The van der Waals surface area contributed by atoms with Gasteiger partial charge in [-0.15, -0.1) is 11.3 Å². The third-order valence-electron chi connectivity index (χ3n) is 5.10. The maximum atomic E-state index is 12.1. The van der Waals surface area contributed by atoms with Crippen LogP contribution in [0, 0.1) is 13.8 Å². The molecule has 27 heavy (non-hydrogen) atoms.